The molecule has 0 radical (unpaired) electrons. The predicted molar refractivity (Wildman–Crippen MR) is 130 cm³/mol. The van der Waals surface area contributed by atoms with E-state index >= 15 is 0 Å². The highest BCUT2D eigenvalue weighted by atomic mass is 16.4. The van der Waals surface area contributed by atoms with Crippen LogP contribution in [0.15, 0.2) is 51.7 Å². The van der Waals surface area contributed by atoms with Gasteiger partial charge in [-0.05, 0) is 49.1 Å². The van der Waals surface area contributed by atoms with E-state index in [1.165, 1.54) is 0 Å². The largest absolute Gasteiger partial charge is 0.422 e. The second-order valence-electron chi connectivity index (χ2n) is 7.92. The van der Waals surface area contributed by atoms with Crippen molar-refractivity contribution in [3.05, 3.63) is 75.1 Å². The average Bonchev–Trinajstić information content (AvgIpc) is 2.79. The Labute approximate surface area is 184 Å². The zero-order valence-electron chi connectivity index (χ0n) is 18.7. The number of rotatable bonds is 10. The molecule has 0 saturated heterocycles. The van der Waals surface area contributed by atoms with Gasteiger partial charge in [0.05, 0.1) is 5.56 Å². The average molecular weight is 418 g/mol. The number of carbonyl (C=O) groups excluding carboxylic acids is 1. The Bertz CT molecular complexity index is 1100. The van der Waals surface area contributed by atoms with Crippen LogP contribution in [0.5, 0.6) is 0 Å². The molecule has 1 aromatic heterocycles. The number of aldehydes is 1. The maximum Gasteiger partial charge on any atom is 0.343 e. The highest BCUT2D eigenvalue weighted by Gasteiger charge is 2.12. The third kappa shape index (κ3) is 5.52. The Morgan fingerprint density at radius 3 is 2.16 bits per heavy atom. The monoisotopic (exact) mass is 417 g/mol. The second kappa shape index (κ2) is 10.8. The first-order chi connectivity index (χ1) is 15.1. The van der Waals surface area contributed by atoms with Gasteiger partial charge in [0.1, 0.15) is 11.9 Å². The second-order valence-corrected chi connectivity index (χ2v) is 7.92. The van der Waals surface area contributed by atoms with Crippen molar-refractivity contribution in [3.8, 4) is 0 Å². The van der Waals surface area contributed by atoms with Gasteiger partial charge < -0.3 is 9.32 Å². The van der Waals surface area contributed by atoms with Gasteiger partial charge in [-0.25, -0.2) is 4.79 Å². The number of fused-ring (bicyclic) bond motifs is 1. The first-order valence-corrected chi connectivity index (χ1v) is 11.1. The lowest BCUT2D eigenvalue weighted by Gasteiger charge is -2.25. The van der Waals surface area contributed by atoms with Crippen molar-refractivity contribution in [3.63, 3.8) is 0 Å². The summed E-state index contributed by atoms with van der Waals surface area (Å²) in [5.41, 5.74) is 4.40. The Morgan fingerprint density at radius 2 is 1.55 bits per heavy atom. The summed E-state index contributed by atoms with van der Waals surface area (Å²) < 4.78 is 5.72. The minimum Gasteiger partial charge on any atom is -0.422 e. The number of nitrogens with zero attached hydrogens (tertiary/aromatic N) is 1. The fourth-order valence-corrected chi connectivity index (χ4v) is 3.68. The summed E-state index contributed by atoms with van der Waals surface area (Å²) in [6, 6.07) is 13.4. The topological polar surface area (TPSA) is 50.5 Å². The molecule has 4 heteroatoms. The summed E-state index contributed by atoms with van der Waals surface area (Å²) in [6.45, 7) is 8.38. The van der Waals surface area contributed by atoms with Gasteiger partial charge in [-0.15, -0.1) is 0 Å². The summed E-state index contributed by atoms with van der Waals surface area (Å²) in [5.74, 6) is 0. The Morgan fingerprint density at radius 1 is 0.903 bits per heavy atom. The quantitative estimate of drug-likeness (QED) is 0.279. The van der Waals surface area contributed by atoms with E-state index in [0.29, 0.717) is 16.7 Å². The number of carbonyl (C=O) groups is 1. The molecule has 0 N–H and O–H groups in total. The zero-order valence-corrected chi connectivity index (χ0v) is 18.7. The lowest BCUT2D eigenvalue weighted by molar-refractivity contribution is 0.112. The molecule has 0 amide bonds. The van der Waals surface area contributed by atoms with E-state index < -0.39 is 0 Å². The van der Waals surface area contributed by atoms with E-state index in [1.807, 2.05) is 31.2 Å². The van der Waals surface area contributed by atoms with Gasteiger partial charge >= 0.3 is 5.63 Å². The first-order valence-electron chi connectivity index (χ1n) is 11.1. The van der Waals surface area contributed by atoms with Crippen LogP contribution in [0.2, 0.25) is 0 Å². The molecule has 162 valence electrons. The molecule has 4 nitrogen and oxygen atoms in total. The minimum absolute atomic E-state index is 0.337. The van der Waals surface area contributed by atoms with E-state index in [2.05, 4.69) is 30.9 Å². The highest BCUT2D eigenvalue weighted by molar-refractivity contribution is 5.87. The summed E-state index contributed by atoms with van der Waals surface area (Å²) in [4.78, 5) is 25.9. The van der Waals surface area contributed by atoms with Crippen LogP contribution in [0.1, 0.15) is 66.6 Å². The summed E-state index contributed by atoms with van der Waals surface area (Å²) in [5, 5.41) is 0.949. The third-order valence-electron chi connectivity index (χ3n) is 5.64. The molecule has 3 aromatic rings. The molecule has 0 aliphatic rings. The van der Waals surface area contributed by atoms with Crippen LogP contribution in [-0.2, 0) is 0 Å². The molecule has 0 atom stereocenters. The normalized spacial score (nSPS) is 11.3. The molecule has 2 aromatic carbocycles. The number of hydrogen-bond acceptors (Lipinski definition) is 4. The lowest BCUT2D eigenvalue weighted by atomic mass is 10.0. The summed E-state index contributed by atoms with van der Waals surface area (Å²) >= 11 is 0. The van der Waals surface area contributed by atoms with Crippen molar-refractivity contribution in [1.29, 1.82) is 0 Å². The minimum atomic E-state index is -0.337. The molecule has 0 aliphatic carbocycles. The fourth-order valence-electron chi connectivity index (χ4n) is 3.68. The standard InChI is InChI=1S/C27H31NO3/c1-4-6-16-28(17-7-5-2)23-13-15-24-20(3)25(27(30)31-26(24)18-23)14-12-21-8-10-22(19-29)11-9-21/h8-15,18-19H,4-7,16-17H2,1-3H3/b14-12+. The molecule has 0 bridgehead atoms. The van der Waals surface area contributed by atoms with Crippen molar-refractivity contribution in [2.45, 2.75) is 46.5 Å². The predicted octanol–water partition coefficient (Wildman–Crippen LogP) is 6.49. The van der Waals surface area contributed by atoms with Crippen LogP contribution in [0.25, 0.3) is 23.1 Å². The molecule has 0 saturated carbocycles. The van der Waals surface area contributed by atoms with Gasteiger partial charge in [0.2, 0.25) is 0 Å². The Hall–Kier alpha value is -3.14. The summed E-state index contributed by atoms with van der Waals surface area (Å²) in [6.07, 6.45) is 9.06. The van der Waals surface area contributed by atoms with E-state index in [-0.39, 0.29) is 5.63 Å². The number of aryl methyl sites for hydroxylation is 1. The van der Waals surface area contributed by atoms with Gasteiger partial charge in [-0.1, -0.05) is 57.0 Å². The van der Waals surface area contributed by atoms with Crippen molar-refractivity contribution >= 4 is 35.1 Å². The van der Waals surface area contributed by atoms with Gasteiger partial charge in [-0.3, -0.25) is 4.79 Å². The third-order valence-corrected chi connectivity index (χ3v) is 5.64. The fraction of sp³-hybridized carbons (Fsp3) is 0.333. The van der Waals surface area contributed by atoms with Gasteiger partial charge in [-0.2, -0.15) is 0 Å². The van der Waals surface area contributed by atoms with E-state index in [4.69, 9.17) is 4.42 Å². The van der Waals surface area contributed by atoms with E-state index in [1.54, 1.807) is 18.2 Å². The smallest absolute Gasteiger partial charge is 0.343 e. The molecule has 3 rings (SSSR count). The van der Waals surface area contributed by atoms with Crippen molar-refractivity contribution in [2.75, 3.05) is 18.0 Å². The van der Waals surface area contributed by atoms with Crippen molar-refractivity contribution in [1.82, 2.24) is 0 Å². The van der Waals surface area contributed by atoms with Gasteiger partial charge in [0, 0.05) is 35.8 Å². The van der Waals surface area contributed by atoms with Gasteiger partial charge in [0.15, 0.2) is 0 Å². The maximum absolute atomic E-state index is 12.7. The highest BCUT2D eigenvalue weighted by Crippen LogP contribution is 2.26. The Kier molecular flexibility index (Phi) is 7.82. The van der Waals surface area contributed by atoms with Crippen molar-refractivity contribution in [2.24, 2.45) is 0 Å². The number of anilines is 1. The van der Waals surface area contributed by atoms with Crippen LogP contribution in [0.3, 0.4) is 0 Å². The molecular formula is C27H31NO3. The van der Waals surface area contributed by atoms with Gasteiger partial charge in [0.25, 0.3) is 0 Å². The van der Waals surface area contributed by atoms with Crippen LogP contribution in [-0.4, -0.2) is 19.4 Å². The number of unbranched alkanes of at least 4 members (excludes halogenated alkanes) is 2. The van der Waals surface area contributed by atoms with Crippen LogP contribution in [0.4, 0.5) is 5.69 Å². The van der Waals surface area contributed by atoms with Crippen LogP contribution < -0.4 is 10.5 Å². The maximum atomic E-state index is 12.7. The van der Waals surface area contributed by atoms with E-state index in [9.17, 15) is 9.59 Å². The lowest BCUT2D eigenvalue weighted by Crippen LogP contribution is -2.25. The molecule has 0 aliphatic heterocycles. The molecule has 0 spiro atoms. The first kappa shape index (κ1) is 22.5. The van der Waals surface area contributed by atoms with Crippen molar-refractivity contribution < 1.29 is 9.21 Å². The molecule has 1 heterocycles. The SMILES string of the molecule is CCCCN(CCCC)c1ccc2c(C)c(/C=C/c3ccc(C=O)cc3)c(=O)oc2c1. The number of benzene rings is 2. The molecule has 31 heavy (non-hydrogen) atoms. The van der Waals surface area contributed by atoms with Crippen LogP contribution >= 0.6 is 0 Å². The van der Waals surface area contributed by atoms with Crippen LogP contribution in [0, 0.1) is 6.92 Å². The molecular weight excluding hydrogens is 386 g/mol. The zero-order chi connectivity index (χ0) is 22.2. The Balaban J connectivity index is 1.93. The number of hydrogen-bond donors (Lipinski definition) is 0. The molecule has 0 fully saturated rings. The molecule has 0 unspecified atom stereocenters. The summed E-state index contributed by atoms with van der Waals surface area (Å²) in [7, 11) is 0. The van der Waals surface area contributed by atoms with E-state index in [0.717, 1.165) is 67.3 Å².